The van der Waals surface area contributed by atoms with E-state index in [1.165, 1.54) is 43.4 Å². The molecule has 0 saturated carbocycles. The number of hydrogen-bond acceptors (Lipinski definition) is 9. The number of methoxy groups -OCH3 is 2. The molecule has 1 atom stereocenters. The molecule has 4 aromatic rings. The normalized spacial score (nSPS) is 15.9. The van der Waals surface area contributed by atoms with Crippen molar-refractivity contribution in [3.05, 3.63) is 88.7 Å². The van der Waals surface area contributed by atoms with Gasteiger partial charge in [-0.2, -0.15) is 11.8 Å². The first kappa shape index (κ1) is 34.1. The van der Waals surface area contributed by atoms with Gasteiger partial charge in [-0.3, -0.25) is 19.4 Å². The van der Waals surface area contributed by atoms with E-state index in [2.05, 4.69) is 10.2 Å². The molecule has 1 unspecified atom stereocenters. The summed E-state index contributed by atoms with van der Waals surface area (Å²) in [4.78, 5) is 52.2. The molecule has 12 nitrogen and oxygen atoms in total. The van der Waals surface area contributed by atoms with Crippen LogP contribution in [0.4, 0.5) is 20.6 Å². The second-order valence-corrected chi connectivity index (χ2v) is 13.1. The summed E-state index contributed by atoms with van der Waals surface area (Å²) in [6, 6.07) is 16.3. The number of anilines is 2. The molecule has 49 heavy (non-hydrogen) atoms. The van der Waals surface area contributed by atoms with Gasteiger partial charge in [-0.05, 0) is 55.5 Å². The lowest BCUT2D eigenvalue weighted by atomic mass is 10.1. The number of para-hydroxylation sites is 1. The van der Waals surface area contributed by atoms with Crippen molar-refractivity contribution in [2.45, 2.75) is 13.0 Å². The molecule has 0 spiro atoms. The van der Waals surface area contributed by atoms with Crippen molar-refractivity contribution in [2.24, 2.45) is 0 Å². The lowest BCUT2D eigenvalue weighted by Crippen LogP contribution is -2.58. The number of nitrogens with one attached hydrogen (secondary N) is 1. The van der Waals surface area contributed by atoms with Gasteiger partial charge in [0.25, 0.3) is 5.56 Å². The van der Waals surface area contributed by atoms with Gasteiger partial charge in [-0.15, -0.1) is 0 Å². The number of nitrogens with zero attached hydrogens (tertiary/aromatic N) is 6. The molecule has 0 aliphatic carbocycles. The quantitative estimate of drug-likeness (QED) is 0.277. The second kappa shape index (κ2) is 15.2. The Morgan fingerprint density at radius 2 is 1.67 bits per heavy atom. The average molecular weight is 690 g/mol. The Kier molecular flexibility index (Phi) is 10.5. The molecule has 0 bridgehead atoms. The molecule has 3 aromatic carbocycles. The maximum absolute atomic E-state index is 14.3. The number of aromatic nitrogens is 2. The molecule has 2 saturated heterocycles. The molecule has 14 heteroatoms. The summed E-state index contributed by atoms with van der Waals surface area (Å²) in [6.45, 7) is 5.66. The zero-order chi connectivity index (χ0) is 34.5. The molecule has 0 radical (unpaired) electrons. The molecule has 6 rings (SSSR count). The summed E-state index contributed by atoms with van der Waals surface area (Å²) in [6.07, 6.45) is 0. The highest BCUT2D eigenvalue weighted by molar-refractivity contribution is 7.99. The van der Waals surface area contributed by atoms with Gasteiger partial charge in [0.1, 0.15) is 17.3 Å². The van der Waals surface area contributed by atoms with Crippen LogP contribution in [0.3, 0.4) is 0 Å². The van der Waals surface area contributed by atoms with Gasteiger partial charge in [-0.25, -0.2) is 18.8 Å². The van der Waals surface area contributed by atoms with Crippen LogP contribution in [0.5, 0.6) is 11.5 Å². The molecule has 258 valence electrons. The smallest absolute Gasteiger partial charge is 0.327 e. The molecule has 1 aromatic heterocycles. The molecule has 2 fully saturated rings. The average Bonchev–Trinajstić information content (AvgIpc) is 3.13. The number of carbonyl (C=O) groups is 2. The predicted molar refractivity (Wildman–Crippen MR) is 190 cm³/mol. The van der Waals surface area contributed by atoms with Crippen molar-refractivity contribution in [3.8, 4) is 11.5 Å². The maximum atomic E-state index is 14.3. The molecule has 3 heterocycles. The Labute approximate surface area is 288 Å². The highest BCUT2D eigenvalue weighted by Gasteiger charge is 2.33. The van der Waals surface area contributed by atoms with Gasteiger partial charge in [0, 0.05) is 49.4 Å². The number of amides is 3. The molecular formula is C35H40FN7O5S. The lowest BCUT2D eigenvalue weighted by molar-refractivity contribution is -0.132. The highest BCUT2D eigenvalue weighted by atomic mass is 32.2. The summed E-state index contributed by atoms with van der Waals surface area (Å²) in [7, 11) is 3.03. The van der Waals surface area contributed by atoms with E-state index in [0.717, 1.165) is 24.6 Å². The number of piperazine rings is 1. The summed E-state index contributed by atoms with van der Waals surface area (Å²) < 4.78 is 26.4. The Morgan fingerprint density at radius 3 is 2.37 bits per heavy atom. The number of carbonyl (C=O) groups excluding carboxylic acids is 2. The van der Waals surface area contributed by atoms with E-state index in [0.29, 0.717) is 72.3 Å². The number of hydrogen-bond donors (Lipinski definition) is 1. The van der Waals surface area contributed by atoms with Crippen LogP contribution in [0.25, 0.3) is 10.9 Å². The van der Waals surface area contributed by atoms with E-state index in [9.17, 15) is 18.8 Å². The van der Waals surface area contributed by atoms with Gasteiger partial charge in [0.15, 0.2) is 5.82 Å². The lowest BCUT2D eigenvalue weighted by Gasteiger charge is -2.40. The van der Waals surface area contributed by atoms with Gasteiger partial charge < -0.3 is 24.7 Å². The van der Waals surface area contributed by atoms with E-state index in [-0.39, 0.29) is 11.5 Å². The Morgan fingerprint density at radius 1 is 0.959 bits per heavy atom. The van der Waals surface area contributed by atoms with Crippen molar-refractivity contribution in [1.29, 1.82) is 0 Å². The third kappa shape index (κ3) is 7.44. The monoisotopic (exact) mass is 689 g/mol. The summed E-state index contributed by atoms with van der Waals surface area (Å²) in [5, 5.41) is 5.19. The number of rotatable bonds is 9. The van der Waals surface area contributed by atoms with Crippen molar-refractivity contribution in [2.75, 3.05) is 86.8 Å². The van der Waals surface area contributed by atoms with Gasteiger partial charge in [-0.1, -0.05) is 12.1 Å². The van der Waals surface area contributed by atoms with Crippen molar-refractivity contribution in [3.63, 3.8) is 0 Å². The summed E-state index contributed by atoms with van der Waals surface area (Å²) in [5.41, 5.74) is 0.985. The molecule has 2 aliphatic heterocycles. The van der Waals surface area contributed by atoms with Crippen LogP contribution in [0.15, 0.2) is 71.5 Å². The molecular weight excluding hydrogens is 649 g/mol. The fraction of sp³-hybridized carbons (Fsp3) is 0.371. The summed E-state index contributed by atoms with van der Waals surface area (Å²) >= 11 is 1.91. The Balaban J connectivity index is 1.37. The Hall–Kier alpha value is -4.82. The molecule has 3 amide bonds. The van der Waals surface area contributed by atoms with E-state index in [1.54, 1.807) is 48.0 Å². The van der Waals surface area contributed by atoms with Crippen LogP contribution < -0.4 is 30.3 Å². The number of thioether (sulfide) groups is 1. The minimum atomic E-state index is -0.823. The fourth-order valence-electron chi connectivity index (χ4n) is 6.19. The zero-order valence-corrected chi connectivity index (χ0v) is 28.6. The van der Waals surface area contributed by atoms with E-state index < -0.39 is 17.9 Å². The number of halogens is 1. The van der Waals surface area contributed by atoms with Crippen LogP contribution in [0.2, 0.25) is 0 Å². The van der Waals surface area contributed by atoms with Crippen molar-refractivity contribution in [1.82, 2.24) is 19.5 Å². The number of fused-ring (bicyclic) bond motifs is 1. The van der Waals surface area contributed by atoms with Crippen LogP contribution in [-0.2, 0) is 4.79 Å². The van der Waals surface area contributed by atoms with Gasteiger partial charge in [0.05, 0.1) is 56.5 Å². The van der Waals surface area contributed by atoms with E-state index >= 15 is 0 Å². The maximum Gasteiger partial charge on any atom is 0.327 e. The van der Waals surface area contributed by atoms with Gasteiger partial charge >= 0.3 is 6.03 Å². The minimum absolute atomic E-state index is 0.0827. The van der Waals surface area contributed by atoms with E-state index in [4.69, 9.17) is 14.5 Å². The standard InChI is InChI=1S/C35H40FN7O5S/c1-24(42(30-13-12-27(47-2)22-31(30)48-3)35(46)37-26-10-8-25(36)9-11-26)33-38-29-7-5-4-6-28(29)34(45)43(33)41-16-14-40(15-17-41)32(44)23-39-18-20-49-21-19-39/h4-13,22,24H,14-21,23H2,1-3H3,(H,37,46). The van der Waals surface area contributed by atoms with Crippen LogP contribution >= 0.6 is 11.8 Å². The molecule has 1 N–H and O–H groups in total. The third-order valence-corrected chi connectivity index (χ3v) is 9.80. The van der Waals surface area contributed by atoms with E-state index in [1.807, 2.05) is 27.7 Å². The Bertz CT molecular complexity index is 1860. The summed E-state index contributed by atoms with van der Waals surface area (Å²) in [5.74, 6) is 2.91. The number of urea groups is 1. The number of ether oxygens (including phenoxy) is 2. The largest absolute Gasteiger partial charge is 0.497 e. The highest BCUT2D eigenvalue weighted by Crippen LogP contribution is 2.37. The first-order valence-corrected chi connectivity index (χ1v) is 17.4. The first-order chi connectivity index (χ1) is 23.8. The topological polar surface area (TPSA) is 112 Å². The first-order valence-electron chi connectivity index (χ1n) is 16.2. The number of benzene rings is 3. The molecule has 2 aliphatic rings. The fourth-order valence-corrected chi connectivity index (χ4v) is 7.17. The zero-order valence-electron chi connectivity index (χ0n) is 27.8. The van der Waals surface area contributed by atoms with Crippen molar-refractivity contribution >= 4 is 46.0 Å². The van der Waals surface area contributed by atoms with Crippen molar-refractivity contribution < 1.29 is 23.5 Å². The minimum Gasteiger partial charge on any atom is -0.497 e. The van der Waals surface area contributed by atoms with Crippen LogP contribution in [0.1, 0.15) is 18.8 Å². The van der Waals surface area contributed by atoms with Gasteiger partial charge in [0.2, 0.25) is 5.91 Å². The predicted octanol–water partition coefficient (Wildman–Crippen LogP) is 4.18. The third-order valence-electron chi connectivity index (χ3n) is 8.85. The van der Waals surface area contributed by atoms with Crippen LogP contribution in [-0.4, -0.2) is 103 Å². The second-order valence-electron chi connectivity index (χ2n) is 11.8. The SMILES string of the molecule is COc1ccc(N(C(=O)Nc2ccc(F)cc2)C(C)c2nc3ccccc3c(=O)n2N2CCN(C(=O)CN3CCSCC3)CC2)c(OC)c1. The van der Waals surface area contributed by atoms with Crippen LogP contribution in [0, 0.1) is 5.82 Å².